The van der Waals surface area contributed by atoms with Gasteiger partial charge in [0.05, 0.1) is 33.0 Å². The quantitative estimate of drug-likeness (QED) is 0.547. The number of hydrogen-bond acceptors (Lipinski definition) is 5. The number of amides is 1. The SMILES string of the molecule is CCOc1ccc([C@@H](CNC(=O)c2ccc3c4c(cccc24)CC3)N2CCOCC2)cc1OC. The van der Waals surface area contributed by atoms with Crippen molar-refractivity contribution in [3.8, 4) is 11.5 Å². The van der Waals surface area contributed by atoms with Crippen LogP contribution in [0.4, 0.5) is 0 Å². The van der Waals surface area contributed by atoms with Crippen LogP contribution in [0.3, 0.4) is 0 Å². The molecule has 1 fully saturated rings. The van der Waals surface area contributed by atoms with Crippen molar-refractivity contribution in [2.24, 2.45) is 0 Å². The normalized spacial score (nSPS) is 16.4. The first-order valence-corrected chi connectivity index (χ1v) is 12.1. The van der Waals surface area contributed by atoms with Crippen molar-refractivity contribution in [2.75, 3.05) is 46.6 Å². The number of rotatable bonds is 8. The fourth-order valence-electron chi connectivity index (χ4n) is 5.24. The first-order chi connectivity index (χ1) is 16.7. The maximum absolute atomic E-state index is 13.4. The van der Waals surface area contributed by atoms with Gasteiger partial charge in [-0.05, 0) is 65.4 Å². The van der Waals surface area contributed by atoms with Gasteiger partial charge in [-0.3, -0.25) is 9.69 Å². The Morgan fingerprint density at radius 1 is 1.06 bits per heavy atom. The highest BCUT2D eigenvalue weighted by atomic mass is 16.5. The number of ether oxygens (including phenoxy) is 3. The summed E-state index contributed by atoms with van der Waals surface area (Å²) in [6.07, 6.45) is 2.10. The zero-order valence-corrected chi connectivity index (χ0v) is 19.9. The molecule has 1 atom stereocenters. The number of carbonyl (C=O) groups is 1. The van der Waals surface area contributed by atoms with Crippen LogP contribution >= 0.6 is 0 Å². The standard InChI is InChI=1S/C28H32N2O4/c1-3-34-25-12-10-21(17-26(25)32-2)24(30-13-15-33-16-14-30)18-29-28(31)23-11-9-20-8-7-19-5-4-6-22(23)27(19)20/h4-6,9-12,17,24H,3,7-8,13-16,18H2,1-2H3,(H,29,31)/t24-/m1/s1. The molecule has 1 amide bonds. The van der Waals surface area contributed by atoms with Crippen molar-refractivity contribution in [3.05, 3.63) is 70.8 Å². The van der Waals surface area contributed by atoms with E-state index >= 15 is 0 Å². The molecular formula is C28H32N2O4. The summed E-state index contributed by atoms with van der Waals surface area (Å²) in [7, 11) is 1.66. The Morgan fingerprint density at radius 3 is 2.62 bits per heavy atom. The monoisotopic (exact) mass is 460 g/mol. The molecule has 0 radical (unpaired) electrons. The average Bonchev–Trinajstić information content (AvgIpc) is 3.30. The smallest absolute Gasteiger partial charge is 0.251 e. The van der Waals surface area contributed by atoms with Crippen LogP contribution in [0, 0.1) is 0 Å². The molecular weight excluding hydrogens is 428 g/mol. The minimum Gasteiger partial charge on any atom is -0.493 e. The molecule has 0 bridgehead atoms. The van der Waals surface area contributed by atoms with Gasteiger partial charge in [-0.25, -0.2) is 0 Å². The molecule has 3 aromatic carbocycles. The average molecular weight is 461 g/mol. The molecule has 0 aromatic heterocycles. The lowest BCUT2D eigenvalue weighted by Crippen LogP contribution is -2.43. The van der Waals surface area contributed by atoms with E-state index in [9.17, 15) is 4.79 Å². The largest absolute Gasteiger partial charge is 0.493 e. The lowest BCUT2D eigenvalue weighted by atomic mass is 9.99. The fraction of sp³-hybridized carbons (Fsp3) is 0.393. The van der Waals surface area contributed by atoms with Crippen molar-refractivity contribution in [2.45, 2.75) is 25.8 Å². The summed E-state index contributed by atoms with van der Waals surface area (Å²) in [6.45, 7) is 6.04. The van der Waals surface area contributed by atoms with Crippen molar-refractivity contribution in [1.29, 1.82) is 0 Å². The van der Waals surface area contributed by atoms with E-state index in [0.29, 0.717) is 32.1 Å². The van der Waals surface area contributed by atoms with E-state index in [0.717, 1.165) is 48.2 Å². The maximum Gasteiger partial charge on any atom is 0.251 e. The second kappa shape index (κ2) is 10.0. The molecule has 6 heteroatoms. The molecule has 1 aliphatic carbocycles. The number of benzene rings is 3. The van der Waals surface area contributed by atoms with Gasteiger partial charge in [-0.2, -0.15) is 0 Å². The molecule has 0 unspecified atom stereocenters. The van der Waals surface area contributed by atoms with Gasteiger partial charge in [-0.15, -0.1) is 0 Å². The van der Waals surface area contributed by atoms with E-state index in [1.165, 1.54) is 16.5 Å². The number of nitrogens with zero attached hydrogens (tertiary/aromatic N) is 1. The highest BCUT2D eigenvalue weighted by molar-refractivity contribution is 6.09. The minimum atomic E-state index is -0.0354. The molecule has 6 nitrogen and oxygen atoms in total. The number of nitrogens with one attached hydrogen (secondary N) is 1. The third kappa shape index (κ3) is 4.36. The molecule has 0 spiro atoms. The van der Waals surface area contributed by atoms with Crippen molar-refractivity contribution < 1.29 is 19.0 Å². The second-order valence-corrected chi connectivity index (χ2v) is 8.83. The van der Waals surface area contributed by atoms with Crippen LogP contribution in [0.1, 0.15) is 40.0 Å². The van der Waals surface area contributed by atoms with Crippen molar-refractivity contribution in [1.82, 2.24) is 10.2 Å². The third-order valence-corrected chi connectivity index (χ3v) is 6.94. The van der Waals surface area contributed by atoms with E-state index < -0.39 is 0 Å². The summed E-state index contributed by atoms with van der Waals surface area (Å²) in [5.74, 6) is 1.40. The van der Waals surface area contributed by atoms with Crippen LogP contribution in [0.25, 0.3) is 10.8 Å². The Morgan fingerprint density at radius 2 is 1.85 bits per heavy atom. The summed E-state index contributed by atoms with van der Waals surface area (Å²) < 4.78 is 16.9. The van der Waals surface area contributed by atoms with Gasteiger partial charge in [0.15, 0.2) is 11.5 Å². The van der Waals surface area contributed by atoms with Gasteiger partial charge in [0.1, 0.15) is 0 Å². The Kier molecular flexibility index (Phi) is 6.70. The van der Waals surface area contributed by atoms with Crippen LogP contribution in [-0.2, 0) is 17.6 Å². The number of aryl methyl sites for hydroxylation is 2. The Balaban J connectivity index is 1.41. The van der Waals surface area contributed by atoms with Crippen molar-refractivity contribution >= 4 is 16.7 Å². The second-order valence-electron chi connectivity index (χ2n) is 8.83. The molecule has 1 heterocycles. The first kappa shape index (κ1) is 22.7. The molecule has 3 aromatic rings. The molecule has 34 heavy (non-hydrogen) atoms. The van der Waals surface area contributed by atoms with Gasteiger partial charge in [0.2, 0.25) is 0 Å². The minimum absolute atomic E-state index is 0.00853. The summed E-state index contributed by atoms with van der Waals surface area (Å²) >= 11 is 0. The zero-order chi connectivity index (χ0) is 23.5. The van der Waals surface area contributed by atoms with Gasteiger partial charge < -0.3 is 19.5 Å². The van der Waals surface area contributed by atoms with E-state index in [1.807, 2.05) is 25.1 Å². The molecule has 1 N–H and O–H groups in total. The van der Waals surface area contributed by atoms with Crippen LogP contribution in [0.5, 0.6) is 11.5 Å². The number of morpholine rings is 1. The maximum atomic E-state index is 13.4. The Hall–Kier alpha value is -3.09. The summed E-state index contributed by atoms with van der Waals surface area (Å²) in [4.78, 5) is 15.8. The molecule has 1 aliphatic heterocycles. The van der Waals surface area contributed by atoms with Gasteiger partial charge in [-0.1, -0.05) is 30.3 Å². The molecule has 0 saturated carbocycles. The molecule has 178 valence electrons. The fourth-order valence-corrected chi connectivity index (χ4v) is 5.24. The number of methoxy groups -OCH3 is 1. The van der Waals surface area contributed by atoms with Crippen molar-refractivity contribution in [3.63, 3.8) is 0 Å². The van der Waals surface area contributed by atoms with E-state index in [-0.39, 0.29) is 11.9 Å². The molecule has 5 rings (SSSR count). The zero-order valence-electron chi connectivity index (χ0n) is 19.9. The summed E-state index contributed by atoms with van der Waals surface area (Å²) in [5.41, 5.74) is 4.51. The Labute approximate surface area is 200 Å². The van der Waals surface area contributed by atoms with Crippen LogP contribution in [0.2, 0.25) is 0 Å². The van der Waals surface area contributed by atoms with E-state index in [1.54, 1.807) is 7.11 Å². The Bertz CT molecular complexity index is 1180. The lowest BCUT2D eigenvalue weighted by molar-refractivity contribution is 0.0162. The van der Waals surface area contributed by atoms with Crippen LogP contribution in [-0.4, -0.2) is 57.4 Å². The third-order valence-electron chi connectivity index (χ3n) is 6.94. The molecule has 1 saturated heterocycles. The van der Waals surface area contributed by atoms with E-state index in [4.69, 9.17) is 14.2 Å². The topological polar surface area (TPSA) is 60.0 Å². The lowest BCUT2D eigenvalue weighted by Gasteiger charge is -2.35. The summed E-state index contributed by atoms with van der Waals surface area (Å²) in [5, 5.41) is 5.54. The highest BCUT2D eigenvalue weighted by Crippen LogP contribution is 2.34. The van der Waals surface area contributed by atoms with Crippen LogP contribution in [0.15, 0.2) is 48.5 Å². The summed E-state index contributed by atoms with van der Waals surface area (Å²) in [6, 6.07) is 16.5. The predicted molar refractivity (Wildman–Crippen MR) is 133 cm³/mol. The van der Waals surface area contributed by atoms with Gasteiger partial charge in [0.25, 0.3) is 5.91 Å². The first-order valence-electron chi connectivity index (χ1n) is 12.1. The predicted octanol–water partition coefficient (Wildman–Crippen LogP) is 4.15. The highest BCUT2D eigenvalue weighted by Gasteiger charge is 2.25. The van der Waals surface area contributed by atoms with E-state index in [2.05, 4.69) is 40.5 Å². The van der Waals surface area contributed by atoms with Gasteiger partial charge in [0, 0.05) is 25.2 Å². The number of carbonyl (C=O) groups excluding carboxylic acids is 1. The number of hydrogen-bond donors (Lipinski definition) is 1. The molecule has 2 aliphatic rings. The van der Waals surface area contributed by atoms with Gasteiger partial charge >= 0.3 is 0 Å². The van der Waals surface area contributed by atoms with Crippen LogP contribution < -0.4 is 14.8 Å².